The molecule has 2 aromatic rings. The lowest BCUT2D eigenvalue weighted by molar-refractivity contribution is -0.117. The molecule has 1 aliphatic heterocycles. The fourth-order valence-corrected chi connectivity index (χ4v) is 5.38. The van der Waals surface area contributed by atoms with Gasteiger partial charge in [0, 0.05) is 37.8 Å². The summed E-state index contributed by atoms with van der Waals surface area (Å²) in [7, 11) is 0. The standard InChI is InChI=1S/C20H26N4O3S2/c1-2-27-19(26)17-15(14-4-5-14)13-29-18(17)22-16(25)12-23-7-3-8-24(10-9-23)20-21-6-11-28-20/h6,11,13-14H,2-5,7-10,12H2,1H3,(H,22,25). The van der Waals surface area contributed by atoms with Gasteiger partial charge in [-0.1, -0.05) is 0 Å². The highest BCUT2D eigenvalue weighted by Gasteiger charge is 2.32. The SMILES string of the molecule is CCOC(=O)c1c(C2CC2)csc1NC(=O)CN1CCCN(c2nccs2)CC1. The van der Waals surface area contributed by atoms with Crippen LogP contribution in [0.2, 0.25) is 0 Å². The number of anilines is 2. The van der Waals surface area contributed by atoms with Crippen molar-refractivity contribution >= 4 is 44.7 Å². The van der Waals surface area contributed by atoms with Gasteiger partial charge in [-0.2, -0.15) is 0 Å². The van der Waals surface area contributed by atoms with Crippen LogP contribution in [0.4, 0.5) is 10.1 Å². The number of thiophene rings is 1. The first kappa shape index (κ1) is 20.3. The van der Waals surface area contributed by atoms with E-state index in [9.17, 15) is 9.59 Å². The minimum Gasteiger partial charge on any atom is -0.462 e. The minimum atomic E-state index is -0.334. The predicted octanol–water partition coefficient (Wildman–Crippen LogP) is 3.41. The number of aromatic nitrogens is 1. The lowest BCUT2D eigenvalue weighted by atomic mass is 10.1. The van der Waals surface area contributed by atoms with Crippen LogP contribution in [0, 0.1) is 0 Å². The summed E-state index contributed by atoms with van der Waals surface area (Å²) in [4.78, 5) is 34.0. The smallest absolute Gasteiger partial charge is 0.341 e. The molecule has 2 aromatic heterocycles. The molecular formula is C20H26N4O3S2. The maximum Gasteiger partial charge on any atom is 0.341 e. The van der Waals surface area contributed by atoms with Crippen LogP contribution in [0.3, 0.4) is 0 Å². The van der Waals surface area contributed by atoms with Crippen molar-refractivity contribution in [3.63, 3.8) is 0 Å². The molecule has 9 heteroatoms. The monoisotopic (exact) mass is 434 g/mol. The van der Waals surface area contributed by atoms with Crippen LogP contribution >= 0.6 is 22.7 Å². The lowest BCUT2D eigenvalue weighted by Crippen LogP contribution is -2.36. The van der Waals surface area contributed by atoms with Crippen LogP contribution < -0.4 is 10.2 Å². The maximum absolute atomic E-state index is 12.7. The van der Waals surface area contributed by atoms with E-state index >= 15 is 0 Å². The van der Waals surface area contributed by atoms with Gasteiger partial charge in [0.15, 0.2) is 5.13 Å². The Morgan fingerprint density at radius 3 is 2.83 bits per heavy atom. The van der Waals surface area contributed by atoms with E-state index < -0.39 is 0 Å². The topological polar surface area (TPSA) is 74.8 Å². The van der Waals surface area contributed by atoms with E-state index in [0.29, 0.717) is 29.6 Å². The molecule has 3 heterocycles. The number of nitrogens with zero attached hydrogens (tertiary/aromatic N) is 3. The molecule has 0 aromatic carbocycles. The third-order valence-corrected chi connectivity index (χ3v) is 6.96. The molecule has 0 bridgehead atoms. The van der Waals surface area contributed by atoms with Crippen molar-refractivity contribution in [2.24, 2.45) is 0 Å². The molecule has 0 atom stereocenters. The van der Waals surface area contributed by atoms with Crippen LogP contribution in [0.5, 0.6) is 0 Å². The maximum atomic E-state index is 12.7. The second-order valence-corrected chi connectivity index (χ2v) is 9.12. The van der Waals surface area contributed by atoms with E-state index in [4.69, 9.17) is 4.74 Å². The van der Waals surface area contributed by atoms with Crippen molar-refractivity contribution in [1.29, 1.82) is 0 Å². The van der Waals surface area contributed by atoms with Gasteiger partial charge < -0.3 is 15.0 Å². The lowest BCUT2D eigenvalue weighted by Gasteiger charge is -2.21. The number of hydrogen-bond acceptors (Lipinski definition) is 8. The van der Waals surface area contributed by atoms with Crippen molar-refractivity contribution in [2.75, 3.05) is 49.5 Å². The number of rotatable bonds is 7. The third kappa shape index (κ3) is 4.96. The number of carbonyl (C=O) groups excluding carboxylic acids is 2. The van der Waals surface area contributed by atoms with Gasteiger partial charge in [-0.3, -0.25) is 9.69 Å². The first-order valence-electron chi connectivity index (χ1n) is 10.1. The first-order chi connectivity index (χ1) is 14.2. The van der Waals surface area contributed by atoms with Crippen LogP contribution in [-0.2, 0) is 9.53 Å². The Morgan fingerprint density at radius 1 is 1.24 bits per heavy atom. The molecule has 1 saturated heterocycles. The number of nitrogens with one attached hydrogen (secondary N) is 1. The largest absolute Gasteiger partial charge is 0.462 e. The van der Waals surface area contributed by atoms with Gasteiger partial charge in [0.05, 0.1) is 18.7 Å². The minimum absolute atomic E-state index is 0.0811. The summed E-state index contributed by atoms with van der Waals surface area (Å²) < 4.78 is 5.24. The molecule has 29 heavy (non-hydrogen) atoms. The van der Waals surface area contributed by atoms with Gasteiger partial charge in [0.1, 0.15) is 5.00 Å². The zero-order valence-corrected chi connectivity index (χ0v) is 18.2. The van der Waals surface area contributed by atoms with Crippen molar-refractivity contribution < 1.29 is 14.3 Å². The Kier molecular flexibility index (Phi) is 6.46. The average Bonchev–Trinajstić information content (AvgIpc) is 3.32. The molecule has 2 fully saturated rings. The highest BCUT2D eigenvalue weighted by Crippen LogP contribution is 2.46. The Bertz CT molecular complexity index is 848. The van der Waals surface area contributed by atoms with E-state index in [1.165, 1.54) is 11.3 Å². The van der Waals surface area contributed by atoms with Crippen LogP contribution in [0.15, 0.2) is 17.0 Å². The van der Waals surface area contributed by atoms with Gasteiger partial charge in [0.25, 0.3) is 0 Å². The summed E-state index contributed by atoms with van der Waals surface area (Å²) in [5, 5.41) is 8.62. The fourth-order valence-electron chi connectivity index (χ4n) is 3.63. The van der Waals surface area contributed by atoms with Crippen molar-refractivity contribution in [3.8, 4) is 0 Å². The van der Waals surface area contributed by atoms with E-state index in [1.807, 2.05) is 17.0 Å². The van der Waals surface area contributed by atoms with Gasteiger partial charge in [-0.15, -0.1) is 22.7 Å². The summed E-state index contributed by atoms with van der Waals surface area (Å²) in [5.41, 5.74) is 1.58. The van der Waals surface area contributed by atoms with Crippen LogP contribution in [-0.4, -0.2) is 61.1 Å². The Labute approximate surface area is 178 Å². The fraction of sp³-hybridized carbons (Fsp3) is 0.550. The summed E-state index contributed by atoms with van der Waals surface area (Å²) in [6.07, 6.45) is 5.01. The van der Waals surface area contributed by atoms with Crippen molar-refractivity contribution in [1.82, 2.24) is 9.88 Å². The van der Waals surface area contributed by atoms with Gasteiger partial charge in [-0.05, 0) is 43.0 Å². The number of esters is 1. The van der Waals surface area contributed by atoms with Crippen molar-refractivity contribution in [3.05, 3.63) is 28.1 Å². The molecule has 4 rings (SSSR count). The van der Waals surface area contributed by atoms with E-state index in [2.05, 4.69) is 20.1 Å². The summed E-state index contributed by atoms with van der Waals surface area (Å²) in [6.45, 7) is 5.95. The Hall–Kier alpha value is -1.97. The third-order valence-electron chi connectivity index (χ3n) is 5.21. The van der Waals surface area contributed by atoms with Gasteiger partial charge >= 0.3 is 5.97 Å². The zero-order valence-electron chi connectivity index (χ0n) is 16.6. The second kappa shape index (κ2) is 9.23. The Balaban J connectivity index is 1.37. The summed E-state index contributed by atoms with van der Waals surface area (Å²) >= 11 is 3.07. The first-order valence-corrected chi connectivity index (χ1v) is 11.9. The van der Waals surface area contributed by atoms with Gasteiger partial charge in [-0.25, -0.2) is 9.78 Å². The number of thiazole rings is 1. The predicted molar refractivity (Wildman–Crippen MR) is 116 cm³/mol. The zero-order chi connectivity index (χ0) is 20.2. The van der Waals surface area contributed by atoms with E-state index in [-0.39, 0.29) is 11.9 Å². The highest BCUT2D eigenvalue weighted by molar-refractivity contribution is 7.15. The number of ether oxygens (including phenoxy) is 1. The summed E-state index contributed by atoms with van der Waals surface area (Å²) in [5.74, 6) is 0.0148. The molecule has 0 spiro atoms. The molecule has 1 N–H and O–H groups in total. The molecular weight excluding hydrogens is 408 g/mol. The highest BCUT2D eigenvalue weighted by atomic mass is 32.1. The van der Waals surface area contributed by atoms with Crippen LogP contribution in [0.25, 0.3) is 0 Å². The van der Waals surface area contributed by atoms with Crippen LogP contribution in [0.1, 0.15) is 48.0 Å². The quantitative estimate of drug-likeness (QED) is 0.673. The second-order valence-electron chi connectivity index (χ2n) is 7.37. The molecule has 2 aliphatic rings. The average molecular weight is 435 g/mol. The summed E-state index contributed by atoms with van der Waals surface area (Å²) in [6, 6.07) is 0. The molecule has 156 valence electrons. The number of amides is 1. The molecule has 7 nitrogen and oxygen atoms in total. The van der Waals surface area contributed by atoms with Gasteiger partial charge in [0.2, 0.25) is 5.91 Å². The molecule has 0 unspecified atom stereocenters. The molecule has 1 saturated carbocycles. The normalized spacial score (nSPS) is 17.8. The van der Waals surface area contributed by atoms with E-state index in [1.54, 1.807) is 18.3 Å². The Morgan fingerprint density at radius 2 is 2.10 bits per heavy atom. The van der Waals surface area contributed by atoms with E-state index in [0.717, 1.165) is 56.1 Å². The number of hydrogen-bond donors (Lipinski definition) is 1. The number of carbonyl (C=O) groups is 2. The molecule has 0 radical (unpaired) electrons. The molecule has 1 amide bonds. The molecule has 1 aliphatic carbocycles. The van der Waals surface area contributed by atoms with Crippen molar-refractivity contribution in [2.45, 2.75) is 32.1 Å².